The maximum atomic E-state index is 12.1. The normalized spacial score (nSPS) is 26.8. The molecule has 0 saturated carbocycles. The van der Waals surface area contributed by atoms with Gasteiger partial charge in [0, 0.05) is 46.3 Å². The summed E-state index contributed by atoms with van der Waals surface area (Å²) in [6.45, 7) is 3.84. The molecule has 2 aliphatic rings. The molecule has 2 N–H and O–H groups in total. The number of carbonyl (C=O) groups excluding carboxylic acids is 1. The Kier molecular flexibility index (Phi) is 5.38. The summed E-state index contributed by atoms with van der Waals surface area (Å²) in [7, 11) is 1.63. The van der Waals surface area contributed by atoms with E-state index in [1.165, 1.54) is 0 Å². The van der Waals surface area contributed by atoms with Crippen molar-refractivity contribution in [3.05, 3.63) is 0 Å². The number of rotatable bonds is 5. The third-order valence-electron chi connectivity index (χ3n) is 4.08. The van der Waals surface area contributed by atoms with Gasteiger partial charge in [-0.25, -0.2) is 4.79 Å². The van der Waals surface area contributed by atoms with E-state index in [4.69, 9.17) is 14.6 Å². The highest BCUT2D eigenvalue weighted by Gasteiger charge is 2.35. The third kappa shape index (κ3) is 4.29. The van der Waals surface area contributed by atoms with Crippen molar-refractivity contribution < 1.29 is 24.2 Å². The van der Waals surface area contributed by atoms with Crippen molar-refractivity contribution in [3.63, 3.8) is 0 Å². The average Bonchev–Trinajstić information content (AvgIpc) is 2.94. The number of carboxylic acids is 1. The van der Waals surface area contributed by atoms with Crippen LogP contribution in [0.2, 0.25) is 0 Å². The Balaban J connectivity index is 1.73. The van der Waals surface area contributed by atoms with Crippen LogP contribution in [0.5, 0.6) is 0 Å². The predicted molar refractivity (Wildman–Crippen MR) is 74.2 cm³/mol. The number of aliphatic carboxylic acids is 1. The van der Waals surface area contributed by atoms with Crippen LogP contribution < -0.4 is 5.32 Å². The molecule has 2 saturated heterocycles. The SMILES string of the molecule is COC1(CNC(=O)N2CCN(CC(=O)O)CC2)CCOC1. The van der Waals surface area contributed by atoms with Crippen LogP contribution in [-0.4, -0.2) is 92.1 Å². The second-order valence-electron chi connectivity index (χ2n) is 5.51. The quantitative estimate of drug-likeness (QED) is 0.691. The Labute approximate surface area is 124 Å². The van der Waals surface area contributed by atoms with Gasteiger partial charge in [-0.2, -0.15) is 0 Å². The van der Waals surface area contributed by atoms with E-state index in [9.17, 15) is 9.59 Å². The van der Waals surface area contributed by atoms with E-state index in [2.05, 4.69) is 5.32 Å². The van der Waals surface area contributed by atoms with Gasteiger partial charge in [0.15, 0.2) is 0 Å². The van der Waals surface area contributed by atoms with Gasteiger partial charge >= 0.3 is 12.0 Å². The smallest absolute Gasteiger partial charge is 0.317 e. The highest BCUT2D eigenvalue weighted by molar-refractivity contribution is 5.74. The number of piperazine rings is 1. The molecule has 8 heteroatoms. The van der Waals surface area contributed by atoms with Gasteiger partial charge < -0.3 is 24.8 Å². The number of nitrogens with zero attached hydrogens (tertiary/aromatic N) is 2. The fourth-order valence-electron chi connectivity index (χ4n) is 2.61. The lowest BCUT2D eigenvalue weighted by molar-refractivity contribution is -0.138. The number of carbonyl (C=O) groups is 2. The summed E-state index contributed by atoms with van der Waals surface area (Å²) in [5, 5.41) is 11.6. The topological polar surface area (TPSA) is 91.3 Å². The number of carboxylic acid groups (broad SMARTS) is 1. The van der Waals surface area contributed by atoms with Gasteiger partial charge in [-0.3, -0.25) is 9.69 Å². The minimum Gasteiger partial charge on any atom is -0.480 e. The van der Waals surface area contributed by atoms with Crippen molar-refractivity contribution >= 4 is 12.0 Å². The summed E-state index contributed by atoms with van der Waals surface area (Å²) in [5.41, 5.74) is -0.416. The molecule has 0 spiro atoms. The zero-order chi connectivity index (χ0) is 15.3. The first kappa shape index (κ1) is 16.0. The van der Waals surface area contributed by atoms with Gasteiger partial charge in [0.05, 0.1) is 19.7 Å². The van der Waals surface area contributed by atoms with E-state index in [1.54, 1.807) is 12.0 Å². The number of hydrogen-bond donors (Lipinski definition) is 2. The van der Waals surface area contributed by atoms with Crippen molar-refractivity contribution in [2.75, 3.05) is 59.6 Å². The minimum atomic E-state index is -0.837. The first-order valence-electron chi connectivity index (χ1n) is 7.14. The summed E-state index contributed by atoms with van der Waals surface area (Å²) >= 11 is 0. The summed E-state index contributed by atoms with van der Waals surface area (Å²) in [5.74, 6) is -0.837. The number of methoxy groups -OCH3 is 1. The summed E-state index contributed by atoms with van der Waals surface area (Å²) < 4.78 is 10.8. The van der Waals surface area contributed by atoms with E-state index < -0.39 is 11.6 Å². The van der Waals surface area contributed by atoms with Gasteiger partial charge in [-0.15, -0.1) is 0 Å². The molecule has 120 valence electrons. The van der Waals surface area contributed by atoms with Crippen LogP contribution in [-0.2, 0) is 14.3 Å². The molecule has 1 unspecified atom stereocenters. The number of ether oxygens (including phenoxy) is 2. The van der Waals surface area contributed by atoms with E-state index in [0.717, 1.165) is 6.42 Å². The highest BCUT2D eigenvalue weighted by atomic mass is 16.5. The first-order chi connectivity index (χ1) is 10.0. The minimum absolute atomic E-state index is 0.0274. The first-order valence-corrected chi connectivity index (χ1v) is 7.14. The van der Waals surface area contributed by atoms with Crippen molar-refractivity contribution in [2.45, 2.75) is 12.0 Å². The largest absolute Gasteiger partial charge is 0.480 e. The fourth-order valence-corrected chi connectivity index (χ4v) is 2.61. The standard InChI is InChI=1S/C13H23N3O5/c1-20-13(2-7-21-10-13)9-14-12(19)16-5-3-15(4-6-16)8-11(17)18/h2-10H2,1H3,(H,14,19)(H,17,18). The Morgan fingerprint density at radius 1 is 1.33 bits per heavy atom. The van der Waals surface area contributed by atoms with Crippen LogP contribution in [0.1, 0.15) is 6.42 Å². The number of urea groups is 1. The molecule has 2 fully saturated rings. The van der Waals surface area contributed by atoms with Crippen LogP contribution in [0.3, 0.4) is 0 Å². The Hall–Kier alpha value is -1.38. The molecule has 0 bridgehead atoms. The molecule has 1 atom stereocenters. The van der Waals surface area contributed by atoms with Crippen molar-refractivity contribution in [2.24, 2.45) is 0 Å². The van der Waals surface area contributed by atoms with Gasteiger partial charge in [-0.1, -0.05) is 0 Å². The molecule has 2 aliphatic heterocycles. The Morgan fingerprint density at radius 2 is 2.05 bits per heavy atom. The molecule has 2 heterocycles. The predicted octanol–water partition coefficient (Wildman–Crippen LogP) is -0.796. The second kappa shape index (κ2) is 7.06. The maximum Gasteiger partial charge on any atom is 0.317 e. The highest BCUT2D eigenvalue weighted by Crippen LogP contribution is 2.21. The molecule has 21 heavy (non-hydrogen) atoms. The van der Waals surface area contributed by atoms with Gasteiger partial charge in [0.25, 0.3) is 0 Å². The van der Waals surface area contributed by atoms with Gasteiger partial charge in [-0.05, 0) is 0 Å². The van der Waals surface area contributed by atoms with Crippen molar-refractivity contribution in [3.8, 4) is 0 Å². The van der Waals surface area contributed by atoms with Crippen LogP contribution in [0.15, 0.2) is 0 Å². The molecule has 0 radical (unpaired) electrons. The van der Waals surface area contributed by atoms with E-state index in [1.807, 2.05) is 4.90 Å². The zero-order valence-electron chi connectivity index (χ0n) is 12.3. The number of amides is 2. The monoisotopic (exact) mass is 301 g/mol. The maximum absolute atomic E-state index is 12.1. The number of nitrogens with one attached hydrogen (secondary N) is 1. The van der Waals surface area contributed by atoms with E-state index in [-0.39, 0.29) is 12.6 Å². The van der Waals surface area contributed by atoms with Crippen LogP contribution in [0.25, 0.3) is 0 Å². The average molecular weight is 301 g/mol. The van der Waals surface area contributed by atoms with Crippen LogP contribution in [0, 0.1) is 0 Å². The molecular weight excluding hydrogens is 278 g/mol. The Morgan fingerprint density at radius 3 is 2.57 bits per heavy atom. The summed E-state index contributed by atoms with van der Waals surface area (Å²) in [4.78, 5) is 26.3. The van der Waals surface area contributed by atoms with E-state index >= 15 is 0 Å². The molecule has 0 aromatic rings. The Bertz CT molecular complexity index is 376. The van der Waals surface area contributed by atoms with Crippen molar-refractivity contribution in [1.82, 2.24) is 15.1 Å². The summed E-state index contributed by atoms with van der Waals surface area (Å²) in [6, 6.07) is -0.131. The molecule has 8 nitrogen and oxygen atoms in total. The summed E-state index contributed by atoms with van der Waals surface area (Å²) in [6.07, 6.45) is 0.774. The lowest BCUT2D eigenvalue weighted by Gasteiger charge is -2.34. The lowest BCUT2D eigenvalue weighted by atomic mass is 10.0. The van der Waals surface area contributed by atoms with Crippen molar-refractivity contribution in [1.29, 1.82) is 0 Å². The molecule has 0 aliphatic carbocycles. The second-order valence-corrected chi connectivity index (χ2v) is 5.51. The van der Waals surface area contributed by atoms with Crippen LogP contribution >= 0.6 is 0 Å². The van der Waals surface area contributed by atoms with Crippen LogP contribution in [0.4, 0.5) is 4.79 Å². The van der Waals surface area contributed by atoms with E-state index in [0.29, 0.717) is 45.9 Å². The van der Waals surface area contributed by atoms with Gasteiger partial charge in [0.2, 0.25) is 0 Å². The molecular formula is C13H23N3O5. The fraction of sp³-hybridized carbons (Fsp3) is 0.846. The zero-order valence-corrected chi connectivity index (χ0v) is 12.3. The molecule has 0 aromatic heterocycles. The third-order valence-corrected chi connectivity index (χ3v) is 4.08. The molecule has 0 aromatic carbocycles. The molecule has 2 rings (SSSR count). The lowest BCUT2D eigenvalue weighted by Crippen LogP contribution is -2.55. The van der Waals surface area contributed by atoms with Gasteiger partial charge in [0.1, 0.15) is 5.60 Å². The number of hydrogen-bond acceptors (Lipinski definition) is 5. The molecule has 2 amide bonds.